The minimum Gasteiger partial charge on any atom is -0.510 e. The summed E-state index contributed by atoms with van der Waals surface area (Å²) in [5.41, 5.74) is 2.63. The van der Waals surface area contributed by atoms with Crippen molar-refractivity contribution in [3.63, 3.8) is 0 Å². The monoisotopic (exact) mass is 517 g/mol. The fourth-order valence-corrected chi connectivity index (χ4v) is 6.32. The van der Waals surface area contributed by atoms with Crippen LogP contribution in [0.15, 0.2) is 28.7 Å². The van der Waals surface area contributed by atoms with E-state index in [1.807, 2.05) is 0 Å². The van der Waals surface area contributed by atoms with Crippen LogP contribution in [0.5, 0.6) is 5.75 Å². The lowest BCUT2D eigenvalue weighted by molar-refractivity contribution is -0.148. The molecular formula is C25H28ClN3O7. The molecule has 5 rings (SSSR count). The van der Waals surface area contributed by atoms with Crippen LogP contribution >= 0.6 is 11.6 Å². The topological polar surface area (TPSA) is 173 Å². The van der Waals surface area contributed by atoms with E-state index in [0.29, 0.717) is 28.7 Å². The van der Waals surface area contributed by atoms with E-state index in [9.17, 15) is 34.8 Å². The summed E-state index contributed by atoms with van der Waals surface area (Å²) < 4.78 is 0. The standard InChI is InChI=1S/C25H28ClN3O7/c1-29(2)19-13-6-9-5-12-16(14(30)7-10(18(12)26)8-28-11-3-4-11)20(31)15(9)22(33)25(13,36)23(34)17(21(19)32)24(27)35/h7,9,11,13,19,28,30,32-33,36H,3-6,8H2,1-2H3,(H2,27,35)/t9-,13-,19-,25-/m0/s1. The minimum absolute atomic E-state index is 0.0212. The lowest BCUT2D eigenvalue weighted by Gasteiger charge is -2.50. The molecule has 0 heterocycles. The number of halogens is 1. The molecule has 0 saturated heterocycles. The zero-order chi connectivity index (χ0) is 26.3. The smallest absolute Gasteiger partial charge is 0.255 e. The number of carbonyl (C=O) groups excluding carboxylic acids is 3. The molecule has 0 aromatic heterocycles. The number of likely N-dealkylation sites (N-methyl/N-ethyl adjacent to an activating group) is 1. The maximum Gasteiger partial charge on any atom is 0.255 e. The number of primary amides is 1. The van der Waals surface area contributed by atoms with Crippen LogP contribution < -0.4 is 11.1 Å². The van der Waals surface area contributed by atoms with E-state index in [1.165, 1.54) is 11.0 Å². The molecule has 1 fully saturated rings. The Kier molecular flexibility index (Phi) is 5.71. The van der Waals surface area contributed by atoms with Crippen molar-refractivity contribution in [3.05, 3.63) is 50.4 Å². The number of hydrogen-bond acceptors (Lipinski definition) is 9. The summed E-state index contributed by atoms with van der Waals surface area (Å²) in [7, 11) is 3.17. The Morgan fingerprint density at radius 2 is 1.92 bits per heavy atom. The Morgan fingerprint density at radius 3 is 2.50 bits per heavy atom. The SMILES string of the molecule is CN(C)[C@@H]1C(O)=C(C(N)=O)C(=O)[C@@]2(O)C(O)=C3C(=O)c4c(O)cc(CNC5CC5)c(Cl)c4C[C@H]3C[C@@H]12. The van der Waals surface area contributed by atoms with Crippen LogP contribution in [0.4, 0.5) is 0 Å². The van der Waals surface area contributed by atoms with Crippen LogP contribution in [0.2, 0.25) is 5.02 Å². The first kappa shape index (κ1) is 24.8. The van der Waals surface area contributed by atoms with Crippen LogP contribution in [0.3, 0.4) is 0 Å². The maximum atomic E-state index is 13.6. The number of allylic oxidation sites excluding steroid dienone is 1. The van der Waals surface area contributed by atoms with Gasteiger partial charge in [0.25, 0.3) is 5.91 Å². The van der Waals surface area contributed by atoms with Crippen LogP contribution in [0, 0.1) is 11.8 Å². The molecule has 4 aliphatic rings. The number of aromatic hydroxyl groups is 1. The zero-order valence-electron chi connectivity index (χ0n) is 19.8. The fraction of sp³-hybridized carbons (Fsp3) is 0.480. The van der Waals surface area contributed by atoms with Gasteiger partial charge in [0.05, 0.1) is 11.6 Å². The van der Waals surface area contributed by atoms with Gasteiger partial charge in [0.2, 0.25) is 5.78 Å². The van der Waals surface area contributed by atoms with Gasteiger partial charge in [-0.1, -0.05) is 11.6 Å². The molecule has 192 valence electrons. The average molecular weight is 518 g/mol. The highest BCUT2D eigenvalue weighted by Gasteiger charge is 2.63. The van der Waals surface area contributed by atoms with Gasteiger partial charge in [-0.05, 0) is 62.9 Å². The van der Waals surface area contributed by atoms with E-state index in [4.69, 9.17) is 17.3 Å². The molecule has 11 heteroatoms. The van der Waals surface area contributed by atoms with Gasteiger partial charge in [-0.25, -0.2) is 0 Å². The summed E-state index contributed by atoms with van der Waals surface area (Å²) >= 11 is 6.69. The van der Waals surface area contributed by atoms with Crippen molar-refractivity contribution in [2.75, 3.05) is 14.1 Å². The molecule has 4 aliphatic carbocycles. The van der Waals surface area contributed by atoms with Gasteiger partial charge in [0.1, 0.15) is 22.8 Å². The first-order valence-electron chi connectivity index (χ1n) is 11.8. The molecule has 10 nitrogen and oxygen atoms in total. The Bertz CT molecular complexity index is 1280. The van der Waals surface area contributed by atoms with E-state index >= 15 is 0 Å². The average Bonchev–Trinajstić information content (AvgIpc) is 3.61. The highest BCUT2D eigenvalue weighted by atomic mass is 35.5. The van der Waals surface area contributed by atoms with Crippen molar-refractivity contribution >= 4 is 29.1 Å². The molecule has 7 N–H and O–H groups in total. The van der Waals surface area contributed by atoms with Crippen molar-refractivity contribution in [2.45, 2.75) is 49.9 Å². The lowest BCUT2D eigenvalue weighted by Crippen LogP contribution is -2.63. The number of nitrogens with one attached hydrogen (secondary N) is 1. The normalized spacial score (nSPS) is 29.9. The van der Waals surface area contributed by atoms with Gasteiger partial charge in [0, 0.05) is 29.1 Å². The largest absolute Gasteiger partial charge is 0.510 e. The minimum atomic E-state index is -2.65. The van der Waals surface area contributed by atoms with Crippen molar-refractivity contribution in [2.24, 2.45) is 17.6 Å². The van der Waals surface area contributed by atoms with Crippen LogP contribution in [-0.4, -0.2) is 74.6 Å². The number of phenols is 1. The van der Waals surface area contributed by atoms with Crippen LogP contribution in [0.1, 0.15) is 40.7 Å². The second-order valence-electron chi connectivity index (χ2n) is 10.3. The molecule has 36 heavy (non-hydrogen) atoms. The first-order chi connectivity index (χ1) is 16.9. The number of benzene rings is 1. The van der Waals surface area contributed by atoms with Crippen molar-refractivity contribution < 1.29 is 34.8 Å². The molecule has 0 spiro atoms. The van der Waals surface area contributed by atoms with Crippen molar-refractivity contribution in [3.8, 4) is 5.75 Å². The van der Waals surface area contributed by atoms with E-state index in [0.717, 1.165) is 12.8 Å². The van der Waals surface area contributed by atoms with Crippen molar-refractivity contribution in [1.82, 2.24) is 10.2 Å². The highest BCUT2D eigenvalue weighted by molar-refractivity contribution is 6.33. The number of Topliss-reactive ketones (excluding diaryl/α,β-unsaturated/α-hetero) is 2. The number of ketones is 2. The summed E-state index contributed by atoms with van der Waals surface area (Å²) in [5, 5.41) is 48.1. The molecule has 1 amide bonds. The van der Waals surface area contributed by atoms with Crippen LogP contribution in [0.25, 0.3) is 0 Å². The molecule has 0 aliphatic heterocycles. The van der Waals surface area contributed by atoms with E-state index < -0.39 is 58.0 Å². The Labute approximate surface area is 212 Å². The van der Waals surface area contributed by atoms with Crippen molar-refractivity contribution in [1.29, 1.82) is 0 Å². The molecule has 0 unspecified atom stereocenters. The number of rotatable bonds is 5. The molecule has 1 aromatic rings. The van der Waals surface area contributed by atoms with Gasteiger partial charge in [0.15, 0.2) is 11.4 Å². The summed E-state index contributed by atoms with van der Waals surface area (Å²) in [4.78, 5) is 40.4. The zero-order valence-corrected chi connectivity index (χ0v) is 20.6. The van der Waals surface area contributed by atoms with E-state index in [-0.39, 0.29) is 29.7 Å². The van der Waals surface area contributed by atoms with E-state index in [2.05, 4.69) is 5.32 Å². The molecule has 1 saturated carbocycles. The number of nitrogens with two attached hydrogens (primary N) is 1. The Balaban J connectivity index is 1.65. The summed E-state index contributed by atoms with van der Waals surface area (Å²) in [6, 6.07) is 0.779. The Hall–Kier alpha value is -2.92. The highest BCUT2D eigenvalue weighted by Crippen LogP contribution is 2.53. The summed E-state index contributed by atoms with van der Waals surface area (Å²) in [6.45, 7) is 0.422. The molecule has 1 aromatic carbocycles. The van der Waals surface area contributed by atoms with E-state index in [1.54, 1.807) is 14.1 Å². The fourth-order valence-electron chi connectivity index (χ4n) is 6.02. The first-order valence-corrected chi connectivity index (χ1v) is 12.2. The third-order valence-electron chi connectivity index (χ3n) is 7.89. The van der Waals surface area contributed by atoms with Gasteiger partial charge in [-0.2, -0.15) is 0 Å². The number of nitrogens with zero attached hydrogens (tertiary/aromatic N) is 1. The maximum absolute atomic E-state index is 13.6. The number of fused-ring (bicyclic) bond motifs is 3. The van der Waals surface area contributed by atoms with Gasteiger partial charge < -0.3 is 31.5 Å². The summed E-state index contributed by atoms with van der Waals surface area (Å²) in [5.74, 6) is -6.80. The van der Waals surface area contributed by atoms with Gasteiger partial charge >= 0.3 is 0 Å². The lowest BCUT2D eigenvalue weighted by atomic mass is 9.58. The number of hydrogen-bond donors (Lipinski definition) is 6. The molecule has 0 radical (unpaired) electrons. The third-order valence-corrected chi connectivity index (χ3v) is 8.36. The number of phenolic OH excluding ortho intramolecular Hbond substituents is 1. The van der Waals surface area contributed by atoms with Gasteiger partial charge in [-0.3, -0.25) is 19.3 Å². The Morgan fingerprint density at radius 1 is 1.25 bits per heavy atom. The number of aliphatic hydroxyl groups is 3. The van der Waals surface area contributed by atoms with Crippen LogP contribution in [-0.2, 0) is 22.6 Å². The van der Waals surface area contributed by atoms with Gasteiger partial charge in [-0.15, -0.1) is 0 Å². The quantitative estimate of drug-likeness (QED) is 0.312. The second kappa shape index (κ2) is 8.31. The number of aliphatic hydroxyl groups excluding tert-OH is 2. The molecule has 0 bridgehead atoms. The molecular weight excluding hydrogens is 490 g/mol. The predicted molar refractivity (Wildman–Crippen MR) is 129 cm³/mol. The number of amides is 1. The third kappa shape index (κ3) is 3.39. The summed E-state index contributed by atoms with van der Waals surface area (Å²) in [6.07, 6.45) is 2.32. The second-order valence-corrected chi connectivity index (χ2v) is 10.7. The predicted octanol–water partition coefficient (Wildman–Crippen LogP) is 1.03. The number of carbonyl (C=O) groups is 3. The molecule has 4 atom stereocenters.